The van der Waals surface area contributed by atoms with E-state index >= 15 is 0 Å². The minimum Gasteiger partial charge on any atom is -0.511 e. The van der Waals surface area contributed by atoms with Crippen molar-refractivity contribution < 1.29 is 29.6 Å². The molecule has 0 saturated carbocycles. The lowest BCUT2D eigenvalue weighted by Crippen LogP contribution is -2.46. The number of phenolic OH excluding ortho intramolecular Hbond substituents is 2. The molecule has 6 nitrogen and oxygen atoms in total. The number of allylic oxidation sites excluding steroid dienone is 4. The van der Waals surface area contributed by atoms with Crippen LogP contribution in [0.3, 0.4) is 0 Å². The van der Waals surface area contributed by atoms with Crippen LogP contribution in [0.25, 0.3) is 0 Å². The number of aliphatic hydroxyl groups is 1. The molecule has 0 fully saturated rings. The molecule has 6 heteroatoms. The molecule has 160 valence electrons. The summed E-state index contributed by atoms with van der Waals surface area (Å²) in [5.74, 6) is -1.69. The monoisotopic (exact) mass is 412 g/mol. The molecule has 0 spiro atoms. The van der Waals surface area contributed by atoms with Crippen molar-refractivity contribution in [3.63, 3.8) is 0 Å². The van der Waals surface area contributed by atoms with Crippen LogP contribution >= 0.6 is 0 Å². The summed E-state index contributed by atoms with van der Waals surface area (Å²) in [4.78, 5) is 13.6. The summed E-state index contributed by atoms with van der Waals surface area (Å²) in [6.07, 6.45) is 4.42. The van der Waals surface area contributed by atoms with Crippen LogP contribution in [0, 0.1) is 11.3 Å². The smallest absolute Gasteiger partial charge is 0.181 e. The third kappa shape index (κ3) is 3.36. The predicted octanol–water partition coefficient (Wildman–Crippen LogP) is 4.73. The molecule has 0 aromatic heterocycles. The zero-order chi connectivity index (χ0) is 22.4. The van der Waals surface area contributed by atoms with E-state index in [9.17, 15) is 20.1 Å². The first-order valence-corrected chi connectivity index (χ1v) is 9.78. The van der Waals surface area contributed by atoms with Crippen LogP contribution in [0.2, 0.25) is 0 Å². The van der Waals surface area contributed by atoms with Gasteiger partial charge in [0.2, 0.25) is 0 Å². The standard InChI is InChI=1S/C24H28O6/c1-7-24(4,5)20-17(29-6)10-14(25)19-22(28)18-13(9-8-12(2)3)21(27)15(26)11-16(18)30-23(19)20/h7-8,10-11,19,23,25-27H,1,9H2,2-6H3. The number of fused-ring (bicyclic) bond motifs is 2. The van der Waals surface area contributed by atoms with Crippen LogP contribution in [-0.4, -0.2) is 34.3 Å². The molecule has 1 aromatic rings. The maximum absolute atomic E-state index is 13.6. The second-order valence-electron chi connectivity index (χ2n) is 8.44. The minimum absolute atomic E-state index is 0.163. The number of benzene rings is 1. The minimum atomic E-state index is -0.986. The molecule has 1 aliphatic heterocycles. The van der Waals surface area contributed by atoms with Gasteiger partial charge in [0.25, 0.3) is 0 Å². The zero-order valence-corrected chi connectivity index (χ0v) is 17.9. The van der Waals surface area contributed by atoms with E-state index in [1.165, 1.54) is 19.3 Å². The topological polar surface area (TPSA) is 96.2 Å². The first-order chi connectivity index (χ1) is 14.0. The van der Waals surface area contributed by atoms with Crippen LogP contribution in [0.1, 0.15) is 43.6 Å². The van der Waals surface area contributed by atoms with E-state index in [2.05, 4.69) is 6.58 Å². The molecule has 1 heterocycles. The summed E-state index contributed by atoms with van der Waals surface area (Å²) in [6.45, 7) is 11.5. The molecular formula is C24H28O6. The van der Waals surface area contributed by atoms with E-state index in [0.717, 1.165) is 5.57 Å². The highest BCUT2D eigenvalue weighted by atomic mass is 16.5. The number of aromatic hydroxyl groups is 2. The molecule has 2 aliphatic rings. The molecule has 3 N–H and O–H groups in total. The Morgan fingerprint density at radius 1 is 1.30 bits per heavy atom. The van der Waals surface area contributed by atoms with Crippen LogP contribution < -0.4 is 4.74 Å². The van der Waals surface area contributed by atoms with Gasteiger partial charge < -0.3 is 24.8 Å². The number of carbonyl (C=O) groups excluding carboxylic acids is 1. The number of ketones is 1. The van der Waals surface area contributed by atoms with E-state index in [4.69, 9.17) is 9.47 Å². The van der Waals surface area contributed by atoms with E-state index in [-0.39, 0.29) is 46.3 Å². The maximum atomic E-state index is 13.6. The second-order valence-corrected chi connectivity index (χ2v) is 8.44. The first-order valence-electron chi connectivity index (χ1n) is 9.78. The first kappa shape index (κ1) is 21.6. The van der Waals surface area contributed by atoms with E-state index < -0.39 is 17.4 Å². The molecule has 1 aromatic carbocycles. The third-order valence-corrected chi connectivity index (χ3v) is 5.72. The Labute approximate surface area is 176 Å². The summed E-state index contributed by atoms with van der Waals surface area (Å²) in [5, 5.41) is 31.4. The number of hydrogen-bond donors (Lipinski definition) is 3. The van der Waals surface area contributed by atoms with E-state index in [1.54, 1.807) is 6.08 Å². The molecule has 0 amide bonds. The second kappa shape index (κ2) is 7.59. The average Bonchev–Trinajstić information content (AvgIpc) is 2.67. The fraction of sp³-hybridized carbons (Fsp3) is 0.375. The van der Waals surface area contributed by atoms with Crippen molar-refractivity contribution in [1.82, 2.24) is 0 Å². The van der Waals surface area contributed by atoms with Gasteiger partial charge in [0, 0.05) is 28.7 Å². The predicted molar refractivity (Wildman–Crippen MR) is 114 cm³/mol. The number of rotatable bonds is 5. The lowest BCUT2D eigenvalue weighted by Gasteiger charge is -2.41. The Bertz CT molecular complexity index is 1010. The number of Topliss-reactive ketones (excluding diaryl/α,β-unsaturated/α-hetero) is 1. The van der Waals surface area contributed by atoms with Crippen molar-refractivity contribution in [2.75, 3.05) is 7.11 Å². The maximum Gasteiger partial charge on any atom is 0.181 e. The van der Waals surface area contributed by atoms with Crippen molar-refractivity contribution in [1.29, 1.82) is 0 Å². The number of hydrogen-bond acceptors (Lipinski definition) is 6. The Kier molecular flexibility index (Phi) is 5.46. The summed E-state index contributed by atoms with van der Waals surface area (Å²) in [6, 6.07) is 1.24. The van der Waals surface area contributed by atoms with Crippen LogP contribution in [0.5, 0.6) is 17.2 Å². The van der Waals surface area contributed by atoms with Gasteiger partial charge in [-0.3, -0.25) is 4.79 Å². The Hall–Kier alpha value is -3.15. The average molecular weight is 412 g/mol. The third-order valence-electron chi connectivity index (χ3n) is 5.72. The van der Waals surface area contributed by atoms with Crippen molar-refractivity contribution in [3.8, 4) is 17.2 Å². The van der Waals surface area contributed by atoms with Crippen molar-refractivity contribution >= 4 is 5.78 Å². The summed E-state index contributed by atoms with van der Waals surface area (Å²) < 4.78 is 11.7. The molecule has 3 rings (SSSR count). The van der Waals surface area contributed by atoms with Gasteiger partial charge in [0.05, 0.1) is 12.7 Å². The van der Waals surface area contributed by atoms with Gasteiger partial charge in [0.1, 0.15) is 29.3 Å². The van der Waals surface area contributed by atoms with Crippen LogP contribution in [0.4, 0.5) is 0 Å². The molecule has 2 unspecified atom stereocenters. The Morgan fingerprint density at radius 3 is 2.53 bits per heavy atom. The lowest BCUT2D eigenvalue weighted by atomic mass is 9.70. The largest absolute Gasteiger partial charge is 0.511 e. The molecule has 0 radical (unpaired) electrons. The lowest BCUT2D eigenvalue weighted by molar-refractivity contribution is 0.0650. The Balaban J connectivity index is 2.25. The summed E-state index contributed by atoms with van der Waals surface area (Å²) >= 11 is 0. The summed E-state index contributed by atoms with van der Waals surface area (Å²) in [7, 11) is 1.48. The highest BCUT2D eigenvalue weighted by molar-refractivity contribution is 6.05. The van der Waals surface area contributed by atoms with Crippen LogP contribution in [-0.2, 0) is 11.2 Å². The molecule has 2 atom stereocenters. The quantitative estimate of drug-likeness (QED) is 0.478. The number of methoxy groups -OCH3 is 1. The van der Waals surface area contributed by atoms with E-state index in [1.807, 2.05) is 33.8 Å². The molecule has 0 saturated heterocycles. The number of aliphatic hydroxyl groups excluding tert-OH is 1. The van der Waals surface area contributed by atoms with Gasteiger partial charge in [-0.05, 0) is 20.3 Å². The molecule has 30 heavy (non-hydrogen) atoms. The number of carbonyl (C=O) groups is 1. The van der Waals surface area contributed by atoms with Gasteiger partial charge in [-0.1, -0.05) is 31.6 Å². The normalized spacial score (nSPS) is 20.6. The number of phenols is 2. The fourth-order valence-corrected chi connectivity index (χ4v) is 3.97. The molecule has 1 aliphatic carbocycles. The van der Waals surface area contributed by atoms with Gasteiger partial charge in [-0.2, -0.15) is 0 Å². The molecular weight excluding hydrogens is 384 g/mol. The zero-order valence-electron chi connectivity index (χ0n) is 17.9. The number of ether oxygens (including phenoxy) is 2. The SMILES string of the molecule is C=CC(C)(C)C1=C(OC)C=C(O)C2C(=O)c3c(cc(O)c(O)c3CC=C(C)C)OC12. The van der Waals surface area contributed by atoms with Gasteiger partial charge in [-0.15, -0.1) is 6.58 Å². The highest BCUT2D eigenvalue weighted by Gasteiger charge is 2.49. The van der Waals surface area contributed by atoms with Gasteiger partial charge in [0.15, 0.2) is 17.3 Å². The van der Waals surface area contributed by atoms with Crippen molar-refractivity contribution in [2.24, 2.45) is 11.3 Å². The van der Waals surface area contributed by atoms with Crippen molar-refractivity contribution in [3.05, 3.63) is 64.7 Å². The van der Waals surface area contributed by atoms with Gasteiger partial charge >= 0.3 is 0 Å². The fourth-order valence-electron chi connectivity index (χ4n) is 3.97. The molecule has 0 bridgehead atoms. The summed E-state index contributed by atoms with van der Waals surface area (Å²) in [5.41, 5.74) is 1.51. The van der Waals surface area contributed by atoms with Crippen LogP contribution in [0.15, 0.2) is 53.5 Å². The Morgan fingerprint density at radius 2 is 1.97 bits per heavy atom. The highest BCUT2D eigenvalue weighted by Crippen LogP contribution is 2.49. The van der Waals surface area contributed by atoms with Crippen molar-refractivity contribution in [2.45, 2.75) is 40.2 Å². The van der Waals surface area contributed by atoms with Gasteiger partial charge in [-0.25, -0.2) is 0 Å². The van der Waals surface area contributed by atoms with E-state index in [0.29, 0.717) is 11.3 Å².